The summed E-state index contributed by atoms with van der Waals surface area (Å²) in [7, 11) is 4.90. The first-order valence-corrected chi connectivity index (χ1v) is 10.7. The van der Waals surface area contributed by atoms with Gasteiger partial charge in [0, 0.05) is 18.8 Å². The fourth-order valence-electron chi connectivity index (χ4n) is 5.56. The van der Waals surface area contributed by atoms with Crippen molar-refractivity contribution in [3.05, 3.63) is 71.8 Å². The molecule has 2 nitrogen and oxygen atoms in total. The lowest BCUT2D eigenvalue weighted by atomic mass is 9.92. The highest BCUT2D eigenvalue weighted by Crippen LogP contribution is 2.50. The van der Waals surface area contributed by atoms with Crippen molar-refractivity contribution in [1.82, 2.24) is 0 Å². The molecule has 0 aliphatic heterocycles. The molecule has 2 aliphatic carbocycles. The minimum absolute atomic E-state index is 0. The van der Waals surface area contributed by atoms with Crippen molar-refractivity contribution < 1.29 is 26.2 Å². The average Bonchev–Trinajstić information content (AvgIpc) is 3.25. The number of rotatable bonds is 8. The van der Waals surface area contributed by atoms with E-state index in [9.17, 15) is 0 Å². The van der Waals surface area contributed by atoms with Gasteiger partial charge in [-0.15, -0.1) is 0 Å². The molecule has 0 N–H and O–H groups in total. The summed E-state index contributed by atoms with van der Waals surface area (Å²) in [5.41, 5.74) is 2.77. The third-order valence-electron chi connectivity index (χ3n) is 7.02. The monoisotopic (exact) mass is 443 g/mol. The van der Waals surface area contributed by atoms with Gasteiger partial charge in [0.2, 0.25) is 0 Å². The summed E-state index contributed by atoms with van der Waals surface area (Å²) >= 11 is 0. The third kappa shape index (κ3) is 4.87. The molecule has 0 spiro atoms. The number of benzene rings is 2. The summed E-state index contributed by atoms with van der Waals surface area (Å²) in [6.07, 6.45) is 7.00. The van der Waals surface area contributed by atoms with Crippen LogP contribution in [0.25, 0.3) is 0 Å². The Morgan fingerprint density at radius 2 is 1.54 bits per heavy atom. The molecule has 2 aromatic rings. The average molecular weight is 444 g/mol. The predicted octanol–water partition coefficient (Wildman–Crippen LogP) is 2.08. The maximum atomic E-state index is 6.47. The quantitative estimate of drug-likeness (QED) is 0.567. The highest BCUT2D eigenvalue weighted by molar-refractivity contribution is 5.15. The molecular weight excluding hydrogens is 410 g/mol. The van der Waals surface area contributed by atoms with Gasteiger partial charge in [-0.2, -0.15) is 0 Å². The van der Waals surface area contributed by atoms with Gasteiger partial charge < -0.3 is 26.2 Å². The maximum absolute atomic E-state index is 6.47. The van der Waals surface area contributed by atoms with Gasteiger partial charge in [-0.1, -0.05) is 60.7 Å². The molecule has 0 aromatic heterocycles. The van der Waals surface area contributed by atoms with Crippen LogP contribution in [0.1, 0.15) is 36.8 Å². The molecule has 2 aromatic carbocycles. The molecule has 0 amide bonds. The van der Waals surface area contributed by atoms with Crippen molar-refractivity contribution in [2.75, 3.05) is 20.6 Å². The Bertz CT molecular complexity index is 718. The fourth-order valence-corrected chi connectivity index (χ4v) is 5.56. The van der Waals surface area contributed by atoms with E-state index in [2.05, 4.69) is 74.8 Å². The van der Waals surface area contributed by atoms with Crippen LogP contribution in [0.15, 0.2) is 60.7 Å². The minimum atomic E-state index is 0. The standard InChI is InChI=1S/C25H34NO.BrH/c1-26(2,17-9-14-20-10-5-3-6-11-20)24-18-22-15-16-23(24)25(22)27-19-21-12-7-4-8-13-21;/h3-8,10-13,22-25H,9,14-19H2,1-2H3;1H/q+1;/p-1. The van der Waals surface area contributed by atoms with E-state index < -0.39 is 0 Å². The number of quaternary nitrogens is 1. The van der Waals surface area contributed by atoms with Crippen LogP contribution in [0.3, 0.4) is 0 Å². The molecule has 4 rings (SSSR count). The van der Waals surface area contributed by atoms with E-state index in [1.54, 1.807) is 0 Å². The summed E-state index contributed by atoms with van der Waals surface area (Å²) in [5.74, 6) is 1.51. The fraction of sp³-hybridized carbons (Fsp3) is 0.520. The summed E-state index contributed by atoms with van der Waals surface area (Å²) in [6.45, 7) is 2.03. The molecule has 2 aliphatic rings. The van der Waals surface area contributed by atoms with E-state index in [4.69, 9.17) is 4.74 Å². The lowest BCUT2D eigenvalue weighted by molar-refractivity contribution is -0.918. The van der Waals surface area contributed by atoms with Crippen molar-refractivity contribution in [3.8, 4) is 0 Å². The number of hydrogen-bond donors (Lipinski definition) is 0. The van der Waals surface area contributed by atoms with Crippen LogP contribution < -0.4 is 17.0 Å². The second kappa shape index (κ2) is 9.56. The molecule has 2 saturated carbocycles. The molecular formula is C25H34BrNO. The van der Waals surface area contributed by atoms with Crippen molar-refractivity contribution in [3.63, 3.8) is 0 Å². The molecule has 2 bridgehead atoms. The van der Waals surface area contributed by atoms with E-state index in [0.717, 1.165) is 29.0 Å². The van der Waals surface area contributed by atoms with Crippen LogP contribution in [-0.4, -0.2) is 37.3 Å². The molecule has 0 saturated heterocycles. The van der Waals surface area contributed by atoms with Crippen molar-refractivity contribution in [2.45, 2.75) is 50.9 Å². The number of aryl methyl sites for hydroxylation is 1. The Labute approximate surface area is 181 Å². The Balaban J connectivity index is 0.00000225. The zero-order chi connectivity index (χ0) is 18.7. The van der Waals surface area contributed by atoms with Gasteiger partial charge >= 0.3 is 0 Å². The number of fused-ring (bicyclic) bond motifs is 2. The Kier molecular flexibility index (Phi) is 7.36. The number of halogens is 1. The minimum Gasteiger partial charge on any atom is -1.00 e. The van der Waals surface area contributed by atoms with Gasteiger partial charge in [-0.05, 0) is 36.3 Å². The largest absolute Gasteiger partial charge is 1.00 e. The van der Waals surface area contributed by atoms with E-state index in [1.807, 2.05) is 0 Å². The first kappa shape index (κ1) is 21.5. The second-order valence-corrected chi connectivity index (χ2v) is 9.16. The number of ether oxygens (including phenoxy) is 1. The maximum Gasteiger partial charge on any atom is 0.0943 e. The summed E-state index contributed by atoms with van der Waals surface area (Å²) in [6, 6.07) is 22.3. The van der Waals surface area contributed by atoms with E-state index >= 15 is 0 Å². The van der Waals surface area contributed by atoms with Crippen LogP contribution in [0.5, 0.6) is 0 Å². The Hall–Kier alpha value is -1.16. The smallest absolute Gasteiger partial charge is 0.0943 e. The highest BCUT2D eigenvalue weighted by atomic mass is 79.9. The SMILES string of the molecule is C[N+](C)(CCCc1ccccc1)C1CC2CCC1C2OCc1ccccc1.[Br-]. The summed E-state index contributed by atoms with van der Waals surface area (Å²) in [5, 5.41) is 0. The van der Waals surface area contributed by atoms with Crippen LogP contribution in [0.4, 0.5) is 0 Å². The van der Waals surface area contributed by atoms with Gasteiger partial charge in [0.25, 0.3) is 0 Å². The van der Waals surface area contributed by atoms with E-state index in [0.29, 0.717) is 6.10 Å². The van der Waals surface area contributed by atoms with Gasteiger partial charge in [0.05, 0.1) is 39.4 Å². The van der Waals surface area contributed by atoms with Crippen LogP contribution in [-0.2, 0) is 17.8 Å². The van der Waals surface area contributed by atoms with Gasteiger partial charge in [-0.25, -0.2) is 0 Å². The molecule has 3 heteroatoms. The highest BCUT2D eigenvalue weighted by Gasteiger charge is 2.54. The van der Waals surface area contributed by atoms with Crippen LogP contribution in [0, 0.1) is 11.8 Å². The van der Waals surface area contributed by atoms with E-state index in [-0.39, 0.29) is 17.0 Å². The summed E-state index contributed by atoms with van der Waals surface area (Å²) < 4.78 is 7.62. The van der Waals surface area contributed by atoms with Crippen LogP contribution in [0.2, 0.25) is 0 Å². The van der Waals surface area contributed by atoms with E-state index in [1.165, 1.54) is 49.8 Å². The van der Waals surface area contributed by atoms with Crippen molar-refractivity contribution >= 4 is 0 Å². The normalized spacial score (nSPS) is 26.2. The van der Waals surface area contributed by atoms with Gasteiger partial charge in [0.15, 0.2) is 0 Å². The molecule has 0 heterocycles. The zero-order valence-electron chi connectivity index (χ0n) is 17.3. The topological polar surface area (TPSA) is 9.23 Å². The molecule has 152 valence electrons. The zero-order valence-corrected chi connectivity index (χ0v) is 18.9. The molecule has 0 radical (unpaired) electrons. The van der Waals surface area contributed by atoms with Crippen molar-refractivity contribution in [2.24, 2.45) is 11.8 Å². The third-order valence-corrected chi connectivity index (χ3v) is 7.02. The number of nitrogens with zero attached hydrogens (tertiary/aromatic N) is 1. The Morgan fingerprint density at radius 3 is 2.21 bits per heavy atom. The lowest BCUT2D eigenvalue weighted by Crippen LogP contribution is -3.00. The molecule has 28 heavy (non-hydrogen) atoms. The summed E-state index contributed by atoms with van der Waals surface area (Å²) in [4.78, 5) is 0. The molecule has 4 atom stereocenters. The number of hydrogen-bond acceptors (Lipinski definition) is 1. The second-order valence-electron chi connectivity index (χ2n) is 9.16. The molecule has 4 unspecified atom stereocenters. The first-order valence-electron chi connectivity index (χ1n) is 10.7. The Morgan fingerprint density at radius 1 is 0.893 bits per heavy atom. The molecule has 2 fully saturated rings. The first-order chi connectivity index (χ1) is 13.1. The lowest BCUT2D eigenvalue weighted by Gasteiger charge is -2.40. The van der Waals surface area contributed by atoms with Gasteiger partial charge in [-0.3, -0.25) is 0 Å². The van der Waals surface area contributed by atoms with Crippen molar-refractivity contribution in [1.29, 1.82) is 0 Å². The predicted molar refractivity (Wildman–Crippen MR) is 111 cm³/mol. The van der Waals surface area contributed by atoms with Gasteiger partial charge in [0.1, 0.15) is 0 Å². The van der Waals surface area contributed by atoms with Crippen LogP contribution >= 0.6 is 0 Å².